The quantitative estimate of drug-likeness (QED) is 0.567. The van der Waals surface area contributed by atoms with Gasteiger partial charge in [0.2, 0.25) is 0 Å². The van der Waals surface area contributed by atoms with Crippen molar-refractivity contribution >= 4 is 11.0 Å². The molecule has 0 saturated carbocycles. The normalized spacial score (nSPS) is 10.8. The molecule has 2 aromatic heterocycles. The summed E-state index contributed by atoms with van der Waals surface area (Å²) in [7, 11) is 0. The highest BCUT2D eigenvalue weighted by molar-refractivity contribution is 5.75. The van der Waals surface area contributed by atoms with Gasteiger partial charge in [-0.2, -0.15) is 5.26 Å². The van der Waals surface area contributed by atoms with Crippen molar-refractivity contribution in [2.75, 3.05) is 0 Å². The van der Waals surface area contributed by atoms with Crippen LogP contribution in [-0.2, 0) is 6.54 Å². The fourth-order valence-corrected chi connectivity index (χ4v) is 2.72. The van der Waals surface area contributed by atoms with Crippen molar-refractivity contribution in [1.29, 1.82) is 5.26 Å². The zero-order valence-electron chi connectivity index (χ0n) is 13.4. The van der Waals surface area contributed by atoms with E-state index in [2.05, 4.69) is 21.0 Å². The Balaban J connectivity index is 1.76. The smallest absolute Gasteiger partial charge is 0.161 e. The van der Waals surface area contributed by atoms with Crippen LogP contribution in [0.1, 0.15) is 11.4 Å². The number of hydrogen-bond donors (Lipinski definition) is 0. The van der Waals surface area contributed by atoms with E-state index in [0.29, 0.717) is 28.1 Å². The average Bonchev–Trinajstić information content (AvgIpc) is 3.04. The van der Waals surface area contributed by atoms with Crippen LogP contribution in [0.15, 0.2) is 55.0 Å². The van der Waals surface area contributed by atoms with Crippen molar-refractivity contribution in [3.05, 3.63) is 78.0 Å². The number of nitrogens with zero attached hydrogens (tertiary/aromatic N) is 5. The first-order chi connectivity index (χ1) is 12.7. The molecule has 0 N–H and O–H groups in total. The number of benzene rings is 2. The molecule has 0 fully saturated rings. The van der Waals surface area contributed by atoms with Gasteiger partial charge in [-0.25, -0.2) is 23.7 Å². The summed E-state index contributed by atoms with van der Waals surface area (Å²) in [5.41, 5.74) is 2.48. The molecule has 0 amide bonds. The van der Waals surface area contributed by atoms with Gasteiger partial charge in [0.25, 0.3) is 0 Å². The Morgan fingerprint density at radius 1 is 1.04 bits per heavy atom. The van der Waals surface area contributed by atoms with Gasteiger partial charge < -0.3 is 4.57 Å². The van der Waals surface area contributed by atoms with Crippen molar-refractivity contribution in [2.45, 2.75) is 6.54 Å². The molecule has 0 bridgehead atoms. The number of fused-ring (bicyclic) bond motifs is 1. The van der Waals surface area contributed by atoms with Crippen LogP contribution in [0.3, 0.4) is 0 Å². The number of rotatable bonds is 3. The van der Waals surface area contributed by atoms with Crippen molar-refractivity contribution in [3.63, 3.8) is 0 Å². The SMILES string of the molecule is N#Cc1cnc(Cn2cnc3cc(F)c(F)cc32)nc1-c1ccccc1. The van der Waals surface area contributed by atoms with Crippen molar-refractivity contribution in [1.82, 2.24) is 19.5 Å². The number of halogens is 2. The number of imidazole rings is 1. The van der Waals surface area contributed by atoms with E-state index in [9.17, 15) is 14.0 Å². The maximum Gasteiger partial charge on any atom is 0.161 e. The van der Waals surface area contributed by atoms with Crippen LogP contribution in [0.2, 0.25) is 0 Å². The summed E-state index contributed by atoms with van der Waals surface area (Å²) < 4.78 is 28.5. The van der Waals surface area contributed by atoms with E-state index >= 15 is 0 Å². The summed E-state index contributed by atoms with van der Waals surface area (Å²) in [6, 6.07) is 13.6. The van der Waals surface area contributed by atoms with Crippen LogP contribution in [0.5, 0.6) is 0 Å². The maximum atomic E-state index is 13.5. The van der Waals surface area contributed by atoms with Crippen molar-refractivity contribution in [3.8, 4) is 17.3 Å². The van der Waals surface area contributed by atoms with E-state index in [1.54, 1.807) is 4.57 Å². The van der Waals surface area contributed by atoms with Crippen LogP contribution < -0.4 is 0 Å². The molecule has 0 unspecified atom stereocenters. The first kappa shape index (κ1) is 15.8. The second kappa shape index (κ2) is 6.33. The van der Waals surface area contributed by atoms with Crippen molar-refractivity contribution in [2.24, 2.45) is 0 Å². The van der Waals surface area contributed by atoms with Gasteiger partial charge in [-0.3, -0.25) is 0 Å². The van der Waals surface area contributed by atoms with E-state index < -0.39 is 11.6 Å². The lowest BCUT2D eigenvalue weighted by atomic mass is 10.1. The number of aromatic nitrogens is 4. The first-order valence-electron chi connectivity index (χ1n) is 7.77. The fraction of sp³-hybridized carbons (Fsp3) is 0.0526. The minimum atomic E-state index is -0.941. The minimum Gasteiger partial charge on any atom is -0.323 e. The molecule has 26 heavy (non-hydrogen) atoms. The summed E-state index contributed by atoms with van der Waals surface area (Å²) in [4.78, 5) is 12.8. The lowest BCUT2D eigenvalue weighted by Gasteiger charge is -2.07. The van der Waals surface area contributed by atoms with Gasteiger partial charge in [0, 0.05) is 23.9 Å². The molecule has 0 aliphatic carbocycles. The van der Waals surface area contributed by atoms with Crippen molar-refractivity contribution < 1.29 is 8.78 Å². The highest BCUT2D eigenvalue weighted by Crippen LogP contribution is 2.22. The molecule has 0 radical (unpaired) electrons. The van der Waals surface area contributed by atoms with E-state index in [-0.39, 0.29) is 6.54 Å². The molecule has 0 aliphatic rings. The highest BCUT2D eigenvalue weighted by atomic mass is 19.2. The lowest BCUT2D eigenvalue weighted by molar-refractivity contribution is 0.510. The van der Waals surface area contributed by atoms with Crippen LogP contribution in [0.4, 0.5) is 8.78 Å². The second-order valence-electron chi connectivity index (χ2n) is 5.65. The van der Waals surface area contributed by atoms with Gasteiger partial charge in [-0.1, -0.05) is 30.3 Å². The molecular formula is C19H11F2N5. The summed E-state index contributed by atoms with van der Waals surface area (Å²) in [5, 5.41) is 9.30. The highest BCUT2D eigenvalue weighted by Gasteiger charge is 2.13. The Bertz CT molecular complexity index is 1150. The zero-order valence-corrected chi connectivity index (χ0v) is 13.4. The average molecular weight is 347 g/mol. The molecule has 0 saturated heterocycles. The monoisotopic (exact) mass is 347 g/mol. The summed E-state index contributed by atoms with van der Waals surface area (Å²) in [5.74, 6) is -1.44. The fourth-order valence-electron chi connectivity index (χ4n) is 2.72. The van der Waals surface area contributed by atoms with Crippen LogP contribution in [-0.4, -0.2) is 19.5 Å². The number of hydrogen-bond acceptors (Lipinski definition) is 4. The summed E-state index contributed by atoms with van der Waals surface area (Å²) in [6.45, 7) is 0.215. The Labute approximate surface area is 147 Å². The van der Waals surface area contributed by atoms with Crippen LogP contribution in [0.25, 0.3) is 22.3 Å². The second-order valence-corrected chi connectivity index (χ2v) is 5.65. The molecule has 0 spiro atoms. The van der Waals surface area contributed by atoms with Gasteiger partial charge in [0.05, 0.1) is 35.2 Å². The van der Waals surface area contributed by atoms with Gasteiger partial charge >= 0.3 is 0 Å². The van der Waals surface area contributed by atoms with Gasteiger partial charge in [0.1, 0.15) is 11.9 Å². The molecule has 0 aliphatic heterocycles. The predicted octanol–water partition coefficient (Wildman–Crippen LogP) is 3.69. The Morgan fingerprint density at radius 2 is 1.81 bits per heavy atom. The lowest BCUT2D eigenvalue weighted by Crippen LogP contribution is -2.05. The third kappa shape index (κ3) is 2.78. The molecular weight excluding hydrogens is 336 g/mol. The Hall–Kier alpha value is -3.66. The third-order valence-electron chi connectivity index (χ3n) is 3.98. The molecule has 4 rings (SSSR count). The molecule has 0 atom stereocenters. The Kier molecular flexibility index (Phi) is 3.86. The molecule has 2 heterocycles. The van der Waals surface area contributed by atoms with Gasteiger partial charge in [0.15, 0.2) is 11.6 Å². The van der Waals surface area contributed by atoms with Crippen LogP contribution >= 0.6 is 0 Å². The molecule has 5 nitrogen and oxygen atoms in total. The first-order valence-corrected chi connectivity index (χ1v) is 7.77. The molecule has 4 aromatic rings. The van der Waals surface area contributed by atoms with Gasteiger partial charge in [-0.05, 0) is 0 Å². The molecule has 7 heteroatoms. The van der Waals surface area contributed by atoms with E-state index in [0.717, 1.165) is 17.7 Å². The topological polar surface area (TPSA) is 67.4 Å². The summed E-state index contributed by atoms with van der Waals surface area (Å²) >= 11 is 0. The van der Waals surface area contributed by atoms with E-state index in [1.165, 1.54) is 12.5 Å². The van der Waals surface area contributed by atoms with E-state index in [4.69, 9.17) is 0 Å². The van der Waals surface area contributed by atoms with Gasteiger partial charge in [-0.15, -0.1) is 0 Å². The third-order valence-corrected chi connectivity index (χ3v) is 3.98. The van der Waals surface area contributed by atoms with Crippen LogP contribution in [0, 0.1) is 23.0 Å². The predicted molar refractivity (Wildman–Crippen MR) is 90.9 cm³/mol. The Morgan fingerprint density at radius 3 is 2.58 bits per heavy atom. The largest absolute Gasteiger partial charge is 0.323 e. The standard InChI is InChI=1S/C19H11F2N5/c20-14-6-16-17(7-15(14)21)26(11-24-16)10-18-23-9-13(8-22)19(25-18)12-4-2-1-3-5-12/h1-7,9,11H,10H2. The van der Waals surface area contributed by atoms with E-state index in [1.807, 2.05) is 30.3 Å². The minimum absolute atomic E-state index is 0.215. The molecule has 2 aromatic carbocycles. The maximum absolute atomic E-state index is 13.5. The number of nitriles is 1. The molecule has 126 valence electrons. The zero-order chi connectivity index (χ0) is 18.1. The summed E-state index contributed by atoms with van der Waals surface area (Å²) in [6.07, 6.45) is 2.94.